The van der Waals surface area contributed by atoms with Gasteiger partial charge >= 0.3 is 12.0 Å². The molecule has 0 fully saturated rings. The molecule has 0 atom stereocenters. The van der Waals surface area contributed by atoms with Crippen molar-refractivity contribution in [2.45, 2.75) is 6.92 Å². The predicted molar refractivity (Wildman–Crippen MR) is 74.5 cm³/mol. The van der Waals surface area contributed by atoms with Crippen molar-refractivity contribution in [3.05, 3.63) is 28.2 Å². The molecule has 0 bridgehead atoms. The zero-order valence-corrected chi connectivity index (χ0v) is 12.0. The molecule has 3 N–H and O–H groups in total. The Balaban J connectivity index is 2.85. The van der Waals surface area contributed by atoms with Crippen molar-refractivity contribution in [1.29, 1.82) is 0 Å². The Morgan fingerprint density at radius 2 is 2.11 bits per heavy atom. The lowest BCUT2D eigenvalue weighted by molar-refractivity contribution is 0.0696. The van der Waals surface area contributed by atoms with Crippen LogP contribution in [0.2, 0.25) is 0 Å². The minimum Gasteiger partial charge on any atom is -0.478 e. The molecule has 0 unspecified atom stereocenters. The van der Waals surface area contributed by atoms with Gasteiger partial charge in [-0.25, -0.2) is 9.59 Å². The number of amides is 2. The number of urea groups is 1. The number of carbonyl (C=O) groups is 2. The first-order valence-corrected chi connectivity index (χ1v) is 6.48. The topological polar surface area (TPSA) is 89.9 Å². The lowest BCUT2D eigenvalue weighted by atomic mass is 10.2. The van der Waals surface area contributed by atoms with E-state index in [1.54, 1.807) is 19.1 Å². The number of nitrogens with one attached hydrogen (secondary N) is 1. The van der Waals surface area contributed by atoms with E-state index in [0.29, 0.717) is 16.7 Å². The number of halogens is 1. The van der Waals surface area contributed by atoms with Crippen LogP contribution in [0.15, 0.2) is 22.7 Å². The first-order valence-electron chi connectivity index (χ1n) is 5.69. The van der Waals surface area contributed by atoms with Crippen molar-refractivity contribution in [2.75, 3.05) is 25.0 Å². The number of anilines is 1. The lowest BCUT2D eigenvalue weighted by Crippen LogP contribution is -2.36. The van der Waals surface area contributed by atoms with Gasteiger partial charge in [-0.1, -0.05) is 0 Å². The standard InChI is InChI=1S/C12H15BrN2O4/c1-2-15(5-6-16)12(19)14-8-3-4-10(13)9(7-8)11(17)18/h3-4,7,16H,2,5-6H2,1H3,(H,14,19)(H,17,18). The van der Waals surface area contributed by atoms with Gasteiger partial charge in [0.05, 0.1) is 12.2 Å². The zero-order chi connectivity index (χ0) is 14.4. The quantitative estimate of drug-likeness (QED) is 0.770. The summed E-state index contributed by atoms with van der Waals surface area (Å²) in [6.45, 7) is 2.35. The number of aliphatic hydroxyl groups excluding tert-OH is 1. The number of aromatic carboxylic acids is 1. The minimum absolute atomic E-state index is 0.0722. The van der Waals surface area contributed by atoms with Gasteiger partial charge in [-0.2, -0.15) is 0 Å². The molecular formula is C12H15BrN2O4. The van der Waals surface area contributed by atoms with Crippen molar-refractivity contribution in [2.24, 2.45) is 0 Å². The fourth-order valence-corrected chi connectivity index (χ4v) is 1.91. The summed E-state index contributed by atoms with van der Waals surface area (Å²) in [6.07, 6.45) is 0. The molecule has 1 aromatic rings. The Labute approximate surface area is 119 Å². The van der Waals surface area contributed by atoms with Gasteiger partial charge in [-0.15, -0.1) is 0 Å². The predicted octanol–water partition coefficient (Wildman–Crippen LogP) is 1.99. The normalized spacial score (nSPS) is 10.1. The number of likely N-dealkylation sites (N-methyl/N-ethyl adjacent to an activating group) is 1. The number of hydrogen-bond donors (Lipinski definition) is 3. The highest BCUT2D eigenvalue weighted by atomic mass is 79.9. The van der Waals surface area contributed by atoms with Crippen molar-refractivity contribution < 1.29 is 19.8 Å². The van der Waals surface area contributed by atoms with Crippen molar-refractivity contribution >= 4 is 33.6 Å². The van der Waals surface area contributed by atoms with Crippen LogP contribution < -0.4 is 5.32 Å². The largest absolute Gasteiger partial charge is 0.478 e. The Morgan fingerprint density at radius 1 is 1.42 bits per heavy atom. The molecule has 7 heteroatoms. The summed E-state index contributed by atoms with van der Waals surface area (Å²) in [5.74, 6) is -1.08. The monoisotopic (exact) mass is 330 g/mol. The lowest BCUT2D eigenvalue weighted by Gasteiger charge is -2.20. The number of carboxylic acids is 1. The first kappa shape index (κ1) is 15.5. The highest BCUT2D eigenvalue weighted by molar-refractivity contribution is 9.10. The van der Waals surface area contributed by atoms with Crippen LogP contribution in [0.1, 0.15) is 17.3 Å². The van der Waals surface area contributed by atoms with Gasteiger partial charge in [0, 0.05) is 23.2 Å². The summed E-state index contributed by atoms with van der Waals surface area (Å²) in [5, 5.41) is 20.4. The summed E-state index contributed by atoms with van der Waals surface area (Å²) in [7, 11) is 0. The van der Waals surface area contributed by atoms with E-state index in [9.17, 15) is 9.59 Å². The molecule has 0 aliphatic rings. The number of aliphatic hydroxyl groups is 1. The van der Waals surface area contributed by atoms with Crippen LogP contribution >= 0.6 is 15.9 Å². The summed E-state index contributed by atoms with van der Waals surface area (Å²) in [4.78, 5) is 24.2. The van der Waals surface area contributed by atoms with Gasteiger partial charge in [0.15, 0.2) is 0 Å². The van der Waals surface area contributed by atoms with Gasteiger partial charge in [-0.05, 0) is 41.1 Å². The first-order chi connectivity index (χ1) is 8.99. The maximum Gasteiger partial charge on any atom is 0.336 e. The van der Waals surface area contributed by atoms with Gasteiger partial charge in [0.25, 0.3) is 0 Å². The molecule has 0 aromatic heterocycles. The Bertz CT molecular complexity index is 479. The van der Waals surface area contributed by atoms with Crippen molar-refractivity contribution in [3.63, 3.8) is 0 Å². The van der Waals surface area contributed by atoms with Gasteiger partial charge in [-0.3, -0.25) is 0 Å². The smallest absolute Gasteiger partial charge is 0.336 e. The van der Waals surface area contributed by atoms with Crippen LogP contribution in [0, 0.1) is 0 Å². The van der Waals surface area contributed by atoms with Crippen LogP contribution in [0.3, 0.4) is 0 Å². The third-order valence-electron chi connectivity index (χ3n) is 2.49. The molecular weight excluding hydrogens is 316 g/mol. The highest BCUT2D eigenvalue weighted by Gasteiger charge is 2.13. The molecule has 104 valence electrons. The number of nitrogens with zero attached hydrogens (tertiary/aromatic N) is 1. The molecule has 2 amide bonds. The van der Waals surface area contributed by atoms with Crippen molar-refractivity contribution in [3.8, 4) is 0 Å². The molecule has 0 saturated heterocycles. The van der Waals surface area contributed by atoms with Gasteiger partial charge in [0.2, 0.25) is 0 Å². The molecule has 1 aromatic carbocycles. The molecule has 0 radical (unpaired) electrons. The third-order valence-corrected chi connectivity index (χ3v) is 3.18. The van der Waals surface area contributed by atoms with E-state index >= 15 is 0 Å². The Morgan fingerprint density at radius 3 is 2.63 bits per heavy atom. The molecule has 19 heavy (non-hydrogen) atoms. The molecule has 0 spiro atoms. The highest BCUT2D eigenvalue weighted by Crippen LogP contribution is 2.21. The second kappa shape index (κ2) is 7.10. The van der Waals surface area contributed by atoms with E-state index in [1.807, 2.05) is 0 Å². The zero-order valence-electron chi connectivity index (χ0n) is 10.4. The van der Waals surface area contributed by atoms with Crippen LogP contribution in [0.25, 0.3) is 0 Å². The summed E-state index contributed by atoms with van der Waals surface area (Å²) in [5.41, 5.74) is 0.463. The fraction of sp³-hybridized carbons (Fsp3) is 0.333. The number of rotatable bonds is 5. The second-order valence-corrected chi connectivity index (χ2v) is 4.59. The molecule has 0 aliphatic carbocycles. The van der Waals surface area contributed by atoms with E-state index in [2.05, 4.69) is 21.2 Å². The molecule has 0 saturated carbocycles. The SMILES string of the molecule is CCN(CCO)C(=O)Nc1ccc(Br)c(C(=O)O)c1. The molecule has 6 nitrogen and oxygen atoms in total. The molecule has 0 heterocycles. The number of hydrogen-bond acceptors (Lipinski definition) is 3. The van der Waals surface area contributed by atoms with Crippen LogP contribution in [0.4, 0.5) is 10.5 Å². The van der Waals surface area contributed by atoms with Crippen LogP contribution in [-0.4, -0.2) is 46.8 Å². The number of benzene rings is 1. The van der Waals surface area contributed by atoms with Crippen LogP contribution in [0.5, 0.6) is 0 Å². The number of carbonyl (C=O) groups excluding carboxylic acids is 1. The molecule has 1 rings (SSSR count). The second-order valence-electron chi connectivity index (χ2n) is 3.73. The van der Waals surface area contributed by atoms with Gasteiger partial charge < -0.3 is 20.4 Å². The van der Waals surface area contributed by atoms with E-state index in [-0.39, 0.29) is 24.7 Å². The third kappa shape index (κ3) is 4.22. The number of carboxylic acid groups (broad SMARTS) is 1. The van der Waals surface area contributed by atoms with E-state index in [0.717, 1.165) is 0 Å². The fourth-order valence-electron chi connectivity index (χ4n) is 1.49. The summed E-state index contributed by atoms with van der Waals surface area (Å²) in [6, 6.07) is 4.15. The maximum absolute atomic E-state index is 11.8. The van der Waals surface area contributed by atoms with Crippen LogP contribution in [-0.2, 0) is 0 Å². The summed E-state index contributed by atoms with van der Waals surface area (Å²) >= 11 is 3.13. The van der Waals surface area contributed by atoms with E-state index < -0.39 is 5.97 Å². The average molecular weight is 331 g/mol. The van der Waals surface area contributed by atoms with E-state index in [1.165, 1.54) is 11.0 Å². The maximum atomic E-state index is 11.8. The summed E-state index contributed by atoms with van der Waals surface area (Å²) < 4.78 is 0.445. The molecule has 0 aliphatic heterocycles. The van der Waals surface area contributed by atoms with Gasteiger partial charge in [0.1, 0.15) is 0 Å². The Hall–Kier alpha value is -1.60. The van der Waals surface area contributed by atoms with Crippen molar-refractivity contribution in [1.82, 2.24) is 4.90 Å². The Kier molecular flexibility index (Phi) is 5.78. The van der Waals surface area contributed by atoms with E-state index in [4.69, 9.17) is 10.2 Å². The minimum atomic E-state index is -1.08. The average Bonchev–Trinajstić information content (AvgIpc) is 2.37.